The number of rotatable bonds is 3. The van der Waals surface area contributed by atoms with E-state index in [0.29, 0.717) is 5.41 Å². The Morgan fingerprint density at radius 2 is 1.68 bits per heavy atom. The number of carbonyl (C=O) groups excluding carboxylic acids is 1. The van der Waals surface area contributed by atoms with E-state index in [4.69, 9.17) is 5.73 Å². The van der Waals surface area contributed by atoms with Gasteiger partial charge in [-0.15, -0.1) is 0 Å². The number of primary amides is 1. The van der Waals surface area contributed by atoms with E-state index in [1.807, 2.05) is 0 Å². The van der Waals surface area contributed by atoms with Crippen LogP contribution >= 0.6 is 0 Å². The van der Waals surface area contributed by atoms with E-state index in [-0.39, 0.29) is 11.8 Å². The van der Waals surface area contributed by atoms with Crippen LogP contribution in [0.4, 0.5) is 5.69 Å². The molecule has 134 valence electrons. The monoisotopic (exact) mass is 338 g/mol. The van der Waals surface area contributed by atoms with E-state index in [1.165, 1.54) is 44.2 Å². The maximum absolute atomic E-state index is 11.7. The third-order valence-corrected chi connectivity index (χ3v) is 7.68. The van der Waals surface area contributed by atoms with E-state index in [0.717, 1.165) is 43.7 Å². The molecule has 1 aliphatic heterocycles. The van der Waals surface area contributed by atoms with Gasteiger partial charge >= 0.3 is 0 Å². The van der Waals surface area contributed by atoms with Crippen LogP contribution in [0, 0.1) is 23.7 Å². The third-order valence-electron chi connectivity index (χ3n) is 7.68. The molecule has 1 aromatic rings. The Hall–Kier alpha value is -1.51. The molecule has 25 heavy (non-hydrogen) atoms. The lowest BCUT2D eigenvalue weighted by atomic mass is 9.48. The van der Waals surface area contributed by atoms with Crippen molar-refractivity contribution in [3.63, 3.8) is 0 Å². The van der Waals surface area contributed by atoms with Crippen LogP contribution in [0.1, 0.15) is 56.9 Å². The van der Waals surface area contributed by atoms with E-state index in [1.54, 1.807) is 5.56 Å². The predicted molar refractivity (Wildman–Crippen MR) is 100 cm³/mol. The van der Waals surface area contributed by atoms with Gasteiger partial charge in [0.1, 0.15) is 0 Å². The number of hydrogen-bond donors (Lipinski definition) is 1. The zero-order valence-electron chi connectivity index (χ0n) is 15.1. The quantitative estimate of drug-likeness (QED) is 0.910. The molecule has 1 amide bonds. The lowest BCUT2D eigenvalue weighted by Crippen LogP contribution is -2.49. The van der Waals surface area contributed by atoms with Crippen molar-refractivity contribution >= 4 is 11.6 Å². The number of benzene rings is 1. The van der Waals surface area contributed by atoms with Crippen molar-refractivity contribution in [3.8, 4) is 0 Å². The highest BCUT2D eigenvalue weighted by atomic mass is 16.1. The first kappa shape index (κ1) is 15.7. The summed E-state index contributed by atoms with van der Waals surface area (Å²) in [6.07, 6.45) is 10.6. The van der Waals surface area contributed by atoms with Gasteiger partial charge in [-0.3, -0.25) is 4.79 Å². The summed E-state index contributed by atoms with van der Waals surface area (Å²) in [4.78, 5) is 14.2. The van der Waals surface area contributed by atoms with Gasteiger partial charge in [0.2, 0.25) is 5.91 Å². The van der Waals surface area contributed by atoms with E-state index >= 15 is 0 Å². The van der Waals surface area contributed by atoms with Crippen LogP contribution in [0.3, 0.4) is 0 Å². The van der Waals surface area contributed by atoms with Crippen LogP contribution in [0.15, 0.2) is 24.3 Å². The summed E-state index contributed by atoms with van der Waals surface area (Å²) >= 11 is 0. The Kier molecular flexibility index (Phi) is 3.62. The molecule has 6 rings (SSSR count). The fourth-order valence-electron chi connectivity index (χ4n) is 7.07. The minimum absolute atomic E-state index is 0.0122. The Morgan fingerprint density at radius 1 is 1.04 bits per heavy atom. The van der Waals surface area contributed by atoms with E-state index in [9.17, 15) is 4.79 Å². The van der Waals surface area contributed by atoms with Gasteiger partial charge in [-0.05, 0) is 86.2 Å². The fourth-order valence-corrected chi connectivity index (χ4v) is 7.07. The molecule has 3 heteroatoms. The molecule has 5 fully saturated rings. The summed E-state index contributed by atoms with van der Waals surface area (Å²) in [6.45, 7) is 1.87. The van der Waals surface area contributed by atoms with Gasteiger partial charge in [0.05, 0.1) is 5.92 Å². The standard InChI is InChI=1S/C22H30N2O/c23-21(25)18-4-3-7-24(14-18)20-6-2-1-5-19(20)22-11-15-8-16(12-22)10-17(9-15)13-22/h1-2,5-6,15-18H,3-4,7-14H2,(H2,23,25). The second-order valence-electron chi connectivity index (χ2n) is 9.40. The summed E-state index contributed by atoms with van der Waals surface area (Å²) < 4.78 is 0. The molecule has 4 saturated carbocycles. The molecule has 0 radical (unpaired) electrons. The van der Waals surface area contributed by atoms with Crippen LogP contribution in [-0.2, 0) is 10.2 Å². The third kappa shape index (κ3) is 2.58. The molecular weight excluding hydrogens is 308 g/mol. The maximum atomic E-state index is 11.7. The molecule has 0 aromatic heterocycles. The molecule has 4 bridgehead atoms. The Labute approximate surface area is 151 Å². The number of hydrogen-bond acceptors (Lipinski definition) is 2. The van der Waals surface area contributed by atoms with Gasteiger partial charge in [-0.2, -0.15) is 0 Å². The number of nitrogens with zero attached hydrogens (tertiary/aromatic N) is 1. The largest absolute Gasteiger partial charge is 0.370 e. The molecule has 1 unspecified atom stereocenters. The molecule has 0 spiro atoms. The second kappa shape index (κ2) is 5.75. The molecule has 1 saturated heterocycles. The fraction of sp³-hybridized carbons (Fsp3) is 0.682. The van der Waals surface area contributed by atoms with Crippen molar-refractivity contribution in [2.75, 3.05) is 18.0 Å². The van der Waals surface area contributed by atoms with Crippen LogP contribution in [0.5, 0.6) is 0 Å². The second-order valence-corrected chi connectivity index (χ2v) is 9.40. The minimum Gasteiger partial charge on any atom is -0.370 e. The highest BCUT2D eigenvalue weighted by Crippen LogP contribution is 2.61. The average Bonchev–Trinajstić information content (AvgIpc) is 2.61. The minimum atomic E-state index is -0.128. The number of carbonyl (C=O) groups is 1. The Balaban J connectivity index is 1.50. The summed E-state index contributed by atoms with van der Waals surface area (Å²) in [5.74, 6) is 2.76. The number of amides is 1. The lowest BCUT2D eigenvalue weighted by molar-refractivity contribution is -0.122. The normalized spacial score (nSPS) is 39.6. The first-order chi connectivity index (χ1) is 12.1. The van der Waals surface area contributed by atoms with Gasteiger partial charge < -0.3 is 10.6 Å². The van der Waals surface area contributed by atoms with Gasteiger partial charge in [-0.1, -0.05) is 18.2 Å². The van der Waals surface area contributed by atoms with Gasteiger partial charge in [0.15, 0.2) is 0 Å². The SMILES string of the molecule is NC(=O)C1CCCN(c2ccccc2C23CC4CC(CC(C4)C2)C3)C1. The first-order valence-corrected chi connectivity index (χ1v) is 10.3. The summed E-state index contributed by atoms with van der Waals surface area (Å²) in [6, 6.07) is 9.10. The highest BCUT2D eigenvalue weighted by molar-refractivity contribution is 5.77. The van der Waals surface area contributed by atoms with Crippen LogP contribution in [0.25, 0.3) is 0 Å². The lowest BCUT2D eigenvalue weighted by Gasteiger charge is -2.57. The van der Waals surface area contributed by atoms with Crippen molar-refractivity contribution in [2.24, 2.45) is 29.4 Å². The maximum Gasteiger partial charge on any atom is 0.222 e. The zero-order chi connectivity index (χ0) is 17.0. The van der Waals surface area contributed by atoms with Gasteiger partial charge in [0.25, 0.3) is 0 Å². The van der Waals surface area contributed by atoms with Gasteiger partial charge in [0, 0.05) is 18.8 Å². The summed E-state index contributed by atoms with van der Waals surface area (Å²) in [5.41, 5.74) is 9.02. The van der Waals surface area contributed by atoms with Crippen molar-refractivity contribution in [1.29, 1.82) is 0 Å². The van der Waals surface area contributed by atoms with Crippen LogP contribution in [-0.4, -0.2) is 19.0 Å². The topological polar surface area (TPSA) is 46.3 Å². The number of nitrogens with two attached hydrogens (primary N) is 1. The molecule has 1 heterocycles. The predicted octanol–water partition coefficient (Wildman–Crippen LogP) is 3.86. The molecule has 1 atom stereocenters. The zero-order valence-corrected chi connectivity index (χ0v) is 15.1. The van der Waals surface area contributed by atoms with Crippen LogP contribution in [0.2, 0.25) is 0 Å². The van der Waals surface area contributed by atoms with Crippen molar-refractivity contribution in [3.05, 3.63) is 29.8 Å². The Morgan fingerprint density at radius 3 is 2.32 bits per heavy atom. The molecular formula is C22H30N2O. The highest BCUT2D eigenvalue weighted by Gasteiger charge is 2.52. The molecule has 3 nitrogen and oxygen atoms in total. The number of anilines is 1. The number of piperidine rings is 1. The molecule has 1 aromatic carbocycles. The first-order valence-electron chi connectivity index (χ1n) is 10.3. The molecule has 2 N–H and O–H groups in total. The molecule has 4 aliphatic carbocycles. The van der Waals surface area contributed by atoms with E-state index in [2.05, 4.69) is 29.2 Å². The smallest absolute Gasteiger partial charge is 0.222 e. The van der Waals surface area contributed by atoms with Gasteiger partial charge in [-0.25, -0.2) is 0 Å². The summed E-state index contributed by atoms with van der Waals surface area (Å²) in [7, 11) is 0. The van der Waals surface area contributed by atoms with Crippen molar-refractivity contribution < 1.29 is 4.79 Å². The number of para-hydroxylation sites is 1. The Bertz CT molecular complexity index is 647. The summed E-state index contributed by atoms with van der Waals surface area (Å²) in [5, 5.41) is 0. The molecule has 5 aliphatic rings. The van der Waals surface area contributed by atoms with E-state index < -0.39 is 0 Å². The van der Waals surface area contributed by atoms with Crippen LogP contribution < -0.4 is 10.6 Å². The average molecular weight is 338 g/mol. The van der Waals surface area contributed by atoms with Crippen molar-refractivity contribution in [2.45, 2.75) is 56.8 Å². The van der Waals surface area contributed by atoms with Crippen molar-refractivity contribution in [1.82, 2.24) is 0 Å².